The maximum Gasteiger partial charge on any atom is 4.00 e. The molecule has 0 radical (unpaired) electrons. The molecule has 0 nitrogen and oxygen atoms in total. The van der Waals surface area contributed by atoms with Crippen LogP contribution in [0.25, 0.3) is 0 Å². The Labute approximate surface area is 223 Å². The Bertz CT molecular complexity index is 1030. The summed E-state index contributed by atoms with van der Waals surface area (Å²) in [5.41, 5.74) is 7.00. The van der Waals surface area contributed by atoms with Gasteiger partial charge in [0, 0.05) is 0 Å². The SMILES string of the molecule is CC1=[C-]C(C)([Si](C)(c2cccc(C)c2)c2cc(C)cc([Si](C)(C)C)c2)C(C)=C1C.[CH3-].[CH3-].[CH3-].[Ti+4]. The quantitative estimate of drug-likeness (QED) is 0.300. The van der Waals surface area contributed by atoms with Crippen LogP contribution in [0, 0.1) is 42.2 Å². The van der Waals surface area contributed by atoms with Gasteiger partial charge in [0.2, 0.25) is 0 Å². The van der Waals surface area contributed by atoms with Gasteiger partial charge >= 0.3 is 21.7 Å². The molecule has 0 aromatic heterocycles. The van der Waals surface area contributed by atoms with E-state index in [4.69, 9.17) is 0 Å². The van der Waals surface area contributed by atoms with Crippen molar-refractivity contribution >= 4 is 31.7 Å². The van der Waals surface area contributed by atoms with Gasteiger partial charge in [-0.25, -0.2) is 5.57 Å². The molecule has 0 saturated carbocycles. The fourth-order valence-electron chi connectivity index (χ4n) is 4.92. The number of allylic oxidation sites excluding steroid dienone is 4. The van der Waals surface area contributed by atoms with E-state index in [9.17, 15) is 0 Å². The van der Waals surface area contributed by atoms with Crippen LogP contribution in [0.3, 0.4) is 0 Å². The van der Waals surface area contributed by atoms with Gasteiger partial charge in [0.1, 0.15) is 8.07 Å². The van der Waals surface area contributed by atoms with Crippen molar-refractivity contribution in [1.82, 2.24) is 0 Å². The van der Waals surface area contributed by atoms with Crippen molar-refractivity contribution in [2.75, 3.05) is 0 Å². The van der Waals surface area contributed by atoms with Crippen molar-refractivity contribution in [1.29, 1.82) is 0 Å². The van der Waals surface area contributed by atoms with Gasteiger partial charge in [0.25, 0.3) is 0 Å². The number of aryl methyl sites for hydroxylation is 2. The molecule has 2 aromatic rings. The van der Waals surface area contributed by atoms with E-state index in [0.29, 0.717) is 0 Å². The van der Waals surface area contributed by atoms with Crippen molar-refractivity contribution in [3.63, 3.8) is 0 Å². The Kier molecular flexibility index (Phi) is 12.1. The molecule has 1 aliphatic rings. The van der Waals surface area contributed by atoms with Crippen molar-refractivity contribution in [2.45, 2.75) is 72.8 Å². The third-order valence-electron chi connectivity index (χ3n) is 7.43. The summed E-state index contributed by atoms with van der Waals surface area (Å²) in [5, 5.41) is 4.60. The van der Waals surface area contributed by atoms with Crippen LogP contribution in [0.15, 0.2) is 59.2 Å². The summed E-state index contributed by atoms with van der Waals surface area (Å²) in [6, 6.07) is 16.7. The number of hydrogen-bond acceptors (Lipinski definition) is 0. The van der Waals surface area contributed by atoms with Crippen molar-refractivity contribution in [3.8, 4) is 0 Å². The smallest absolute Gasteiger partial charge is 0.358 e. The van der Waals surface area contributed by atoms with E-state index >= 15 is 0 Å². The predicted octanol–water partition coefficient (Wildman–Crippen LogP) is 7.25. The largest absolute Gasteiger partial charge is 4.00 e. The maximum atomic E-state index is 3.98. The zero-order valence-corrected chi connectivity index (χ0v) is 27.1. The normalized spacial score (nSPS) is 19.3. The monoisotopic (exact) mass is 510 g/mol. The van der Waals surface area contributed by atoms with Crippen LogP contribution in [0.2, 0.25) is 31.2 Å². The summed E-state index contributed by atoms with van der Waals surface area (Å²) in [4.78, 5) is 0. The van der Waals surface area contributed by atoms with E-state index in [2.05, 4.69) is 116 Å². The Morgan fingerprint density at radius 3 is 1.67 bits per heavy atom. The van der Waals surface area contributed by atoms with Crippen LogP contribution >= 0.6 is 0 Å². The second-order valence-electron chi connectivity index (χ2n) is 10.5. The molecule has 3 heteroatoms. The summed E-state index contributed by atoms with van der Waals surface area (Å²) >= 11 is 0. The van der Waals surface area contributed by atoms with E-state index in [1.165, 1.54) is 33.0 Å². The molecule has 0 spiro atoms. The third kappa shape index (κ3) is 5.84. The minimum Gasteiger partial charge on any atom is -0.358 e. The van der Waals surface area contributed by atoms with E-state index in [0.717, 1.165) is 0 Å². The average molecular weight is 511 g/mol. The number of rotatable bonds is 4. The van der Waals surface area contributed by atoms with Crippen molar-refractivity contribution < 1.29 is 21.7 Å². The van der Waals surface area contributed by atoms with Crippen LogP contribution in [-0.2, 0) is 21.7 Å². The van der Waals surface area contributed by atoms with E-state index in [-0.39, 0.29) is 49.0 Å². The molecular formula is C30H46Si2Ti. The average Bonchev–Trinajstić information content (AvgIpc) is 2.83. The molecule has 1 aliphatic carbocycles. The molecule has 0 amide bonds. The van der Waals surface area contributed by atoms with Crippen LogP contribution < -0.4 is 15.6 Å². The summed E-state index contributed by atoms with van der Waals surface area (Å²) in [6.07, 6.45) is 3.98. The Morgan fingerprint density at radius 1 is 0.697 bits per heavy atom. The summed E-state index contributed by atoms with van der Waals surface area (Å²) in [6.45, 7) is 23.7. The first-order valence-corrected chi connectivity index (χ1v) is 16.8. The van der Waals surface area contributed by atoms with Gasteiger partial charge in [-0.05, 0) is 13.8 Å². The van der Waals surface area contributed by atoms with Crippen LogP contribution in [0.1, 0.15) is 38.8 Å². The third-order valence-corrected chi connectivity index (χ3v) is 14.9. The zero-order valence-electron chi connectivity index (χ0n) is 23.5. The first kappa shape index (κ1) is 34.2. The van der Waals surface area contributed by atoms with Gasteiger partial charge in [0.15, 0.2) is 0 Å². The molecule has 178 valence electrons. The first-order valence-electron chi connectivity index (χ1n) is 10.8. The van der Waals surface area contributed by atoms with E-state index in [1.54, 1.807) is 10.4 Å². The standard InChI is InChI=1S/C27H37Si2.3CH3.Ti/c1-19-12-11-13-24(14-19)29(10,27(6)18-21(3)22(4)23(27)5)26-16-20(2)15-25(17-26)28(7,8)9;;;;/h11-17H,1-10H3;3*1H3;/q4*-1;+4. The minimum absolute atomic E-state index is 0. The molecule has 2 atom stereocenters. The Morgan fingerprint density at radius 2 is 1.21 bits per heavy atom. The van der Waals surface area contributed by atoms with Crippen LogP contribution in [-0.4, -0.2) is 16.1 Å². The topological polar surface area (TPSA) is 0 Å². The van der Waals surface area contributed by atoms with Gasteiger partial charge in [-0.3, -0.25) is 6.08 Å². The van der Waals surface area contributed by atoms with Gasteiger partial charge in [-0.2, -0.15) is 11.1 Å². The zero-order chi connectivity index (χ0) is 21.8. The summed E-state index contributed by atoms with van der Waals surface area (Å²) < 4.78 is 0. The van der Waals surface area contributed by atoms with Crippen molar-refractivity contribution in [3.05, 3.63) is 98.7 Å². The van der Waals surface area contributed by atoms with Gasteiger partial charge < -0.3 is 22.3 Å². The predicted molar refractivity (Wildman–Crippen MR) is 155 cm³/mol. The molecule has 0 N–H and O–H groups in total. The molecule has 0 aliphatic heterocycles. The number of benzene rings is 2. The molecule has 0 heterocycles. The maximum absolute atomic E-state index is 3.98. The first-order chi connectivity index (χ1) is 13.3. The molecule has 0 saturated heterocycles. The fraction of sp³-hybridized carbons (Fsp3) is 0.367. The molecule has 33 heavy (non-hydrogen) atoms. The number of hydrogen-bond donors (Lipinski definition) is 0. The van der Waals surface area contributed by atoms with Crippen molar-refractivity contribution in [2.24, 2.45) is 0 Å². The molecule has 3 rings (SSSR count). The van der Waals surface area contributed by atoms with E-state index < -0.39 is 16.1 Å². The summed E-state index contributed by atoms with van der Waals surface area (Å²) in [5.74, 6) is 0. The summed E-state index contributed by atoms with van der Waals surface area (Å²) in [7, 11) is -3.59. The van der Waals surface area contributed by atoms with Gasteiger partial charge in [-0.15, -0.1) is 6.92 Å². The second-order valence-corrected chi connectivity index (χ2v) is 19.9. The Hall–Kier alpha value is -0.932. The van der Waals surface area contributed by atoms with Crippen LogP contribution in [0.4, 0.5) is 0 Å². The van der Waals surface area contributed by atoms with Gasteiger partial charge in [0.05, 0.1) is 8.07 Å². The molecule has 2 unspecified atom stereocenters. The fourth-order valence-corrected chi connectivity index (χ4v) is 11.1. The molecule has 0 fully saturated rings. The molecular weight excluding hydrogens is 464 g/mol. The molecule has 2 aromatic carbocycles. The van der Waals surface area contributed by atoms with Crippen LogP contribution in [0.5, 0.6) is 0 Å². The minimum atomic E-state index is -2.18. The second kappa shape index (κ2) is 11.7. The Balaban J connectivity index is 0. The molecule has 0 bridgehead atoms. The van der Waals surface area contributed by atoms with Gasteiger partial charge in [-0.1, -0.05) is 121 Å². The van der Waals surface area contributed by atoms with E-state index in [1.807, 2.05) is 0 Å².